The van der Waals surface area contributed by atoms with Crippen molar-refractivity contribution in [2.24, 2.45) is 9.98 Å². The number of carbonyl (C=O) groups excluding carboxylic acids is 2. The first-order valence-electron chi connectivity index (χ1n) is 15.3. The molecule has 0 radical (unpaired) electrons. The molecule has 0 aromatic heterocycles. The van der Waals surface area contributed by atoms with E-state index in [0.717, 1.165) is 16.2 Å². The molecule has 15 heteroatoms. The number of aliphatic imine (C=N–C) groups is 2. The Morgan fingerprint density at radius 2 is 2.11 bits per heavy atom. The molecule has 1 amide bonds. The van der Waals surface area contributed by atoms with Gasteiger partial charge in [0.15, 0.2) is 6.67 Å². The van der Waals surface area contributed by atoms with Crippen molar-refractivity contribution in [3.63, 3.8) is 0 Å². The molecule has 46 heavy (non-hydrogen) atoms. The summed E-state index contributed by atoms with van der Waals surface area (Å²) in [6.45, 7) is 7.78. The molecule has 5 aliphatic rings. The Labute approximate surface area is 265 Å². The lowest BCUT2D eigenvalue weighted by Crippen LogP contribution is -3.36. The van der Waals surface area contributed by atoms with Crippen molar-refractivity contribution in [3.8, 4) is 17.2 Å². The van der Waals surface area contributed by atoms with Crippen molar-refractivity contribution in [2.75, 3.05) is 26.4 Å². The summed E-state index contributed by atoms with van der Waals surface area (Å²) in [5.41, 5.74) is 1.27. The van der Waals surface area contributed by atoms with Crippen molar-refractivity contribution >= 4 is 35.0 Å². The van der Waals surface area contributed by atoms with E-state index in [1.807, 2.05) is 25.4 Å². The molecule has 1 aromatic rings. The highest BCUT2D eigenvalue weighted by atomic mass is 16.6. The van der Waals surface area contributed by atoms with Crippen molar-refractivity contribution in [2.45, 2.75) is 65.1 Å². The van der Waals surface area contributed by atoms with E-state index in [-0.39, 0.29) is 42.7 Å². The van der Waals surface area contributed by atoms with Gasteiger partial charge in [-0.25, -0.2) is 14.7 Å². The zero-order valence-electron chi connectivity index (χ0n) is 26.2. The highest BCUT2D eigenvalue weighted by molar-refractivity contribution is 6.68. The SMILES string of the molecule is CCCOc1c2c(c(CO)c3c1/C(=C/C[NH+]1C=CNC1[NH+]1CN=C4C(=O)NC(=N)N=C41)C=C(C(=O)OCC)O3)O[C@H](C(C)(C)O)C2. The molecule has 0 bridgehead atoms. The number of allylic oxidation sites excluding steroid dienone is 2. The highest BCUT2D eigenvalue weighted by Crippen LogP contribution is 2.53. The van der Waals surface area contributed by atoms with E-state index in [1.54, 1.807) is 26.8 Å². The lowest BCUT2D eigenvalue weighted by molar-refractivity contribution is -1.05. The van der Waals surface area contributed by atoms with Crippen LogP contribution in [0.5, 0.6) is 17.2 Å². The van der Waals surface area contributed by atoms with Crippen molar-refractivity contribution < 1.29 is 48.5 Å². The predicted molar refractivity (Wildman–Crippen MR) is 164 cm³/mol. The molecule has 0 saturated heterocycles. The molecular formula is C31H39N7O8+2. The van der Waals surface area contributed by atoms with Crippen LogP contribution in [0.2, 0.25) is 0 Å². The first-order valence-corrected chi connectivity index (χ1v) is 15.3. The lowest BCUT2D eigenvalue weighted by Gasteiger charge is -2.27. The summed E-state index contributed by atoms with van der Waals surface area (Å²) in [7, 11) is 0. The molecular weight excluding hydrogens is 598 g/mol. The van der Waals surface area contributed by atoms with Crippen LogP contribution in [-0.2, 0) is 27.4 Å². The number of ether oxygens (including phenoxy) is 4. The van der Waals surface area contributed by atoms with Gasteiger partial charge in [-0.15, -0.1) is 0 Å². The number of benzene rings is 1. The minimum Gasteiger partial charge on any atom is -0.492 e. The number of aliphatic hydroxyl groups excluding tert-OH is 1. The van der Waals surface area contributed by atoms with Crippen LogP contribution in [0, 0.1) is 5.41 Å². The molecule has 0 saturated carbocycles. The van der Waals surface area contributed by atoms with Crippen LogP contribution < -0.4 is 34.6 Å². The molecule has 4 atom stereocenters. The van der Waals surface area contributed by atoms with Crippen LogP contribution in [0.25, 0.3) is 5.57 Å². The molecule has 7 N–H and O–H groups in total. The van der Waals surface area contributed by atoms with Crippen LogP contribution in [0.15, 0.2) is 40.3 Å². The smallest absolute Gasteiger partial charge is 0.374 e. The van der Waals surface area contributed by atoms with Gasteiger partial charge in [0.25, 0.3) is 11.7 Å². The number of aliphatic hydroxyl groups is 2. The number of nitrogens with zero attached hydrogens (tertiary/aromatic N) is 2. The number of amides is 1. The molecule has 6 rings (SSSR count). The van der Waals surface area contributed by atoms with Crippen molar-refractivity contribution in [3.05, 3.63) is 47.0 Å². The molecule has 3 unspecified atom stereocenters. The summed E-state index contributed by atoms with van der Waals surface area (Å²) in [4.78, 5) is 35.7. The second-order valence-corrected chi connectivity index (χ2v) is 11.9. The second kappa shape index (κ2) is 12.3. The average Bonchev–Trinajstić information content (AvgIpc) is 3.76. The van der Waals surface area contributed by atoms with E-state index in [9.17, 15) is 19.8 Å². The monoisotopic (exact) mass is 637 g/mol. The van der Waals surface area contributed by atoms with Gasteiger partial charge in [-0.05, 0) is 44.9 Å². The maximum Gasteiger partial charge on any atom is 0.374 e. The minimum absolute atomic E-state index is 0.0559. The molecule has 5 aliphatic heterocycles. The number of carbonyl (C=O) groups is 2. The van der Waals surface area contributed by atoms with E-state index >= 15 is 0 Å². The number of nitrogens with one attached hydrogen (secondary N) is 5. The third kappa shape index (κ3) is 5.55. The normalized spacial score (nSPS) is 25.3. The van der Waals surface area contributed by atoms with Gasteiger partial charge in [0, 0.05) is 12.0 Å². The fourth-order valence-corrected chi connectivity index (χ4v) is 6.08. The second-order valence-electron chi connectivity index (χ2n) is 11.9. The number of hydrogen-bond donors (Lipinski definition) is 7. The van der Waals surface area contributed by atoms with Gasteiger partial charge < -0.3 is 29.2 Å². The number of hydrogen-bond acceptors (Lipinski definition) is 11. The summed E-state index contributed by atoms with van der Waals surface area (Å²) in [6, 6.07) is 0. The first kappa shape index (κ1) is 31.4. The number of amidine groups is 1. The molecule has 0 aliphatic carbocycles. The topological polar surface area (TPSA) is 193 Å². The zero-order valence-corrected chi connectivity index (χ0v) is 26.2. The van der Waals surface area contributed by atoms with Crippen LogP contribution in [0.1, 0.15) is 50.8 Å². The predicted octanol–water partition coefficient (Wildman–Crippen LogP) is -1.73. The summed E-state index contributed by atoms with van der Waals surface area (Å²) in [6.07, 6.45) is 7.47. The Morgan fingerprint density at radius 1 is 1.30 bits per heavy atom. The first-order chi connectivity index (χ1) is 22.0. The summed E-state index contributed by atoms with van der Waals surface area (Å²) in [5.74, 6) is 0.116. The number of rotatable bonds is 10. The van der Waals surface area contributed by atoms with Gasteiger partial charge in [-0.1, -0.05) is 6.92 Å². The summed E-state index contributed by atoms with van der Waals surface area (Å²) in [5, 5.41) is 35.0. The molecule has 0 spiro atoms. The Bertz CT molecular complexity index is 1640. The van der Waals surface area contributed by atoms with Gasteiger partial charge in [-0.3, -0.25) is 20.8 Å². The summed E-state index contributed by atoms with van der Waals surface area (Å²) < 4.78 is 24.0. The average molecular weight is 638 g/mol. The maximum absolute atomic E-state index is 13.0. The van der Waals surface area contributed by atoms with Crippen molar-refractivity contribution in [1.82, 2.24) is 10.6 Å². The standard InChI is InChI=1S/C31H37N7O8/c1-5-11-44-24-17-13-20(31(3,4)42)46-23(17)18(14-39)25-21(24)16(12-19(45-25)28(41)43-6-2)7-9-37-10-8-33-30(37)38-15-34-22-26(38)35-29(32)36-27(22)40/h7-8,10,12,20,30,33,39,42H,5-6,9,11,13-15H2,1-4H3,(H2,32,36,40)/p+2/b16-7+/t20-,30?/m0/s1. The number of guanidine groups is 1. The van der Waals surface area contributed by atoms with E-state index in [0.29, 0.717) is 59.2 Å². The van der Waals surface area contributed by atoms with E-state index in [1.165, 1.54) is 0 Å². The third-order valence-electron chi connectivity index (χ3n) is 8.30. The van der Waals surface area contributed by atoms with Gasteiger partial charge in [0.05, 0.1) is 42.7 Å². The molecule has 244 valence electrons. The van der Waals surface area contributed by atoms with Gasteiger partial charge >= 0.3 is 12.3 Å². The fourth-order valence-electron chi connectivity index (χ4n) is 6.08. The molecule has 5 heterocycles. The number of esters is 1. The van der Waals surface area contributed by atoms with E-state index in [2.05, 4.69) is 20.6 Å². The number of fused-ring (bicyclic) bond motifs is 3. The van der Waals surface area contributed by atoms with Crippen LogP contribution in [-0.4, -0.2) is 84.0 Å². The zero-order chi connectivity index (χ0) is 32.7. The Balaban J connectivity index is 1.41. The van der Waals surface area contributed by atoms with Crippen LogP contribution in [0.3, 0.4) is 0 Å². The fraction of sp³-hybridized carbons (Fsp3) is 0.452. The Morgan fingerprint density at radius 3 is 2.83 bits per heavy atom. The van der Waals surface area contributed by atoms with Gasteiger partial charge in [0.1, 0.15) is 36.1 Å². The van der Waals surface area contributed by atoms with Gasteiger partial charge in [-0.2, -0.15) is 9.89 Å². The minimum atomic E-state index is -1.18. The van der Waals surface area contributed by atoms with E-state index < -0.39 is 30.2 Å². The van der Waals surface area contributed by atoms with Crippen LogP contribution in [0.4, 0.5) is 0 Å². The summed E-state index contributed by atoms with van der Waals surface area (Å²) >= 11 is 0. The lowest BCUT2D eigenvalue weighted by atomic mass is 9.90. The van der Waals surface area contributed by atoms with Crippen LogP contribution >= 0.6 is 0 Å². The molecule has 1 aromatic carbocycles. The Hall–Kier alpha value is -4.57. The van der Waals surface area contributed by atoms with E-state index in [4.69, 9.17) is 24.4 Å². The number of quaternary nitrogens is 2. The third-order valence-corrected chi connectivity index (χ3v) is 8.30. The Kier molecular flexibility index (Phi) is 8.41. The van der Waals surface area contributed by atoms with Gasteiger partial charge in [0.2, 0.25) is 17.4 Å². The maximum atomic E-state index is 13.0. The molecule has 0 fully saturated rings. The highest BCUT2D eigenvalue weighted by Gasteiger charge is 2.47. The quantitative estimate of drug-likeness (QED) is 0.146. The molecule has 15 nitrogen and oxygen atoms in total. The van der Waals surface area contributed by atoms with Crippen molar-refractivity contribution in [1.29, 1.82) is 5.41 Å². The largest absolute Gasteiger partial charge is 0.492 e.